The normalized spacial score (nSPS) is 22.2. The second-order valence-electron chi connectivity index (χ2n) is 6.11. The van der Waals surface area contributed by atoms with Crippen molar-refractivity contribution in [3.63, 3.8) is 0 Å². The van der Waals surface area contributed by atoms with E-state index in [4.69, 9.17) is 5.73 Å². The molecule has 2 aromatic carbocycles. The summed E-state index contributed by atoms with van der Waals surface area (Å²) in [4.78, 5) is 25.8. The number of nitrogens with two attached hydrogens (primary N) is 1. The predicted molar refractivity (Wildman–Crippen MR) is 95.3 cm³/mol. The fourth-order valence-electron chi connectivity index (χ4n) is 3.41. The quantitative estimate of drug-likeness (QED) is 0.789. The van der Waals surface area contributed by atoms with Crippen molar-refractivity contribution in [2.24, 2.45) is 11.7 Å². The Balaban J connectivity index is 1.75. The summed E-state index contributed by atoms with van der Waals surface area (Å²) in [5.74, 6) is -0.747. The Morgan fingerprint density at radius 3 is 2.48 bits per heavy atom. The van der Waals surface area contributed by atoms with Crippen LogP contribution in [0.2, 0.25) is 0 Å². The molecular formula is C19H18N4O2. The molecule has 2 unspecified atom stereocenters. The zero-order chi connectivity index (χ0) is 17.4. The van der Waals surface area contributed by atoms with E-state index >= 15 is 0 Å². The number of nitrogens with zero attached hydrogens (tertiary/aromatic N) is 1. The van der Waals surface area contributed by atoms with Crippen LogP contribution in [0.4, 0.5) is 5.69 Å². The van der Waals surface area contributed by atoms with Gasteiger partial charge in [0, 0.05) is 17.5 Å². The molecule has 6 nitrogen and oxygen atoms in total. The molecule has 1 saturated heterocycles. The number of hydrogen-bond donors (Lipinski definition) is 3. The number of hydrogen-bond acceptors (Lipinski definition) is 4. The Morgan fingerprint density at radius 2 is 1.80 bits per heavy atom. The molecular weight excluding hydrogens is 316 g/mol. The summed E-state index contributed by atoms with van der Waals surface area (Å²) in [5, 5.41) is 6.22. The van der Waals surface area contributed by atoms with Crippen LogP contribution in [0.15, 0.2) is 60.8 Å². The highest BCUT2D eigenvalue weighted by Crippen LogP contribution is 2.38. The molecule has 0 saturated carbocycles. The lowest BCUT2D eigenvalue weighted by atomic mass is 9.91. The molecule has 0 bridgehead atoms. The number of benzene rings is 2. The molecule has 2 aliphatic heterocycles. The molecule has 2 atom stereocenters. The maximum atomic E-state index is 12.5. The van der Waals surface area contributed by atoms with Crippen LogP contribution in [0, 0.1) is 5.92 Å². The van der Waals surface area contributed by atoms with Gasteiger partial charge in [0.15, 0.2) is 0 Å². The fraction of sp³-hybridized carbons (Fsp3) is 0.158. The highest BCUT2D eigenvalue weighted by atomic mass is 16.2. The van der Waals surface area contributed by atoms with Gasteiger partial charge in [-0.3, -0.25) is 14.9 Å². The van der Waals surface area contributed by atoms with E-state index in [1.165, 1.54) is 0 Å². The standard InChI is InChI=1S/C19H18N4O2/c20-17(24)13-6-8-14(9-7-13)23-10-15(12-4-2-1-3-5-12)16-18(23)21-11-22-19(16)25/h1-10,16,18,21H,11H2,(H2,20,24)(H,22,25). The third-order valence-corrected chi connectivity index (χ3v) is 4.64. The van der Waals surface area contributed by atoms with Crippen LogP contribution < -0.4 is 21.3 Å². The number of rotatable bonds is 3. The fourth-order valence-corrected chi connectivity index (χ4v) is 3.41. The third kappa shape index (κ3) is 2.66. The van der Waals surface area contributed by atoms with Crippen molar-refractivity contribution in [2.75, 3.05) is 11.6 Å². The summed E-state index contributed by atoms with van der Waals surface area (Å²) in [5.41, 5.74) is 8.65. The van der Waals surface area contributed by atoms with Crippen LogP contribution in [-0.4, -0.2) is 24.6 Å². The second kappa shape index (κ2) is 6.07. The van der Waals surface area contributed by atoms with Gasteiger partial charge in [0.25, 0.3) is 0 Å². The number of anilines is 1. The number of fused-ring (bicyclic) bond motifs is 1. The second-order valence-corrected chi connectivity index (χ2v) is 6.11. The highest BCUT2D eigenvalue weighted by Gasteiger charge is 2.43. The van der Waals surface area contributed by atoms with E-state index in [1.807, 2.05) is 53.6 Å². The monoisotopic (exact) mass is 334 g/mol. The van der Waals surface area contributed by atoms with E-state index in [0.29, 0.717) is 12.2 Å². The summed E-state index contributed by atoms with van der Waals surface area (Å²) >= 11 is 0. The van der Waals surface area contributed by atoms with E-state index < -0.39 is 5.91 Å². The van der Waals surface area contributed by atoms with Gasteiger partial charge in [0.05, 0.1) is 12.6 Å². The summed E-state index contributed by atoms with van der Waals surface area (Å²) in [6, 6.07) is 17.0. The summed E-state index contributed by atoms with van der Waals surface area (Å²) in [6.07, 6.45) is 1.84. The van der Waals surface area contributed by atoms with Crippen LogP contribution in [0.25, 0.3) is 5.57 Å². The largest absolute Gasteiger partial charge is 0.366 e. The number of amides is 2. The minimum Gasteiger partial charge on any atom is -0.366 e. The van der Waals surface area contributed by atoms with Gasteiger partial charge < -0.3 is 16.0 Å². The molecule has 126 valence electrons. The Kier molecular flexibility index (Phi) is 3.74. The lowest BCUT2D eigenvalue weighted by Gasteiger charge is -2.34. The Bertz CT molecular complexity index is 845. The van der Waals surface area contributed by atoms with Crippen LogP contribution in [0.1, 0.15) is 15.9 Å². The van der Waals surface area contributed by atoms with Gasteiger partial charge in [-0.25, -0.2) is 0 Å². The summed E-state index contributed by atoms with van der Waals surface area (Å²) in [6.45, 7) is 0.422. The van der Waals surface area contributed by atoms with Crippen molar-refractivity contribution in [1.82, 2.24) is 10.6 Å². The zero-order valence-electron chi connectivity index (χ0n) is 13.5. The zero-order valence-corrected chi connectivity index (χ0v) is 13.5. The van der Waals surface area contributed by atoms with Crippen LogP contribution in [-0.2, 0) is 4.79 Å². The van der Waals surface area contributed by atoms with Crippen LogP contribution in [0.5, 0.6) is 0 Å². The average molecular weight is 334 g/mol. The highest BCUT2D eigenvalue weighted by molar-refractivity contribution is 5.97. The molecule has 0 spiro atoms. The number of carbonyl (C=O) groups excluding carboxylic acids is 2. The van der Waals surface area contributed by atoms with Crippen molar-refractivity contribution >= 4 is 23.1 Å². The van der Waals surface area contributed by atoms with E-state index in [1.54, 1.807) is 12.1 Å². The van der Waals surface area contributed by atoms with Gasteiger partial charge in [0.2, 0.25) is 11.8 Å². The van der Waals surface area contributed by atoms with Gasteiger partial charge >= 0.3 is 0 Å². The molecule has 4 rings (SSSR count). The minimum atomic E-state index is -0.457. The van der Waals surface area contributed by atoms with Crippen molar-refractivity contribution in [2.45, 2.75) is 6.17 Å². The third-order valence-electron chi connectivity index (χ3n) is 4.64. The van der Waals surface area contributed by atoms with Gasteiger partial charge in [-0.15, -0.1) is 0 Å². The molecule has 25 heavy (non-hydrogen) atoms. The van der Waals surface area contributed by atoms with Crippen LogP contribution in [0.3, 0.4) is 0 Å². The molecule has 2 heterocycles. The van der Waals surface area contributed by atoms with Crippen molar-refractivity contribution < 1.29 is 9.59 Å². The first kappa shape index (κ1) is 15.4. The maximum absolute atomic E-state index is 12.5. The predicted octanol–water partition coefficient (Wildman–Crippen LogP) is 1.27. The van der Waals surface area contributed by atoms with Gasteiger partial charge in [-0.05, 0) is 35.4 Å². The molecule has 2 aromatic rings. The molecule has 2 aliphatic rings. The Labute approximate surface area is 145 Å². The molecule has 2 amide bonds. The SMILES string of the molecule is NC(=O)c1ccc(N2C=C(c3ccccc3)C3C(=O)NCNC32)cc1. The lowest BCUT2D eigenvalue weighted by molar-refractivity contribution is -0.125. The number of nitrogens with one attached hydrogen (secondary N) is 2. The van der Waals surface area contributed by atoms with E-state index in [0.717, 1.165) is 16.8 Å². The summed E-state index contributed by atoms with van der Waals surface area (Å²) in [7, 11) is 0. The first-order valence-corrected chi connectivity index (χ1v) is 8.11. The number of carbonyl (C=O) groups is 2. The molecule has 4 N–H and O–H groups in total. The molecule has 6 heteroatoms. The Hall–Kier alpha value is -3.12. The van der Waals surface area contributed by atoms with E-state index in [-0.39, 0.29) is 18.0 Å². The Morgan fingerprint density at radius 1 is 1.08 bits per heavy atom. The first-order valence-electron chi connectivity index (χ1n) is 8.11. The van der Waals surface area contributed by atoms with Gasteiger partial charge in [-0.1, -0.05) is 30.3 Å². The van der Waals surface area contributed by atoms with E-state index in [9.17, 15) is 9.59 Å². The van der Waals surface area contributed by atoms with Crippen molar-refractivity contribution in [1.29, 1.82) is 0 Å². The maximum Gasteiger partial charge on any atom is 0.248 e. The smallest absolute Gasteiger partial charge is 0.248 e. The van der Waals surface area contributed by atoms with Crippen LogP contribution >= 0.6 is 0 Å². The van der Waals surface area contributed by atoms with Crippen molar-refractivity contribution in [3.05, 3.63) is 71.9 Å². The molecule has 0 aliphatic carbocycles. The van der Waals surface area contributed by atoms with Gasteiger partial charge in [-0.2, -0.15) is 0 Å². The van der Waals surface area contributed by atoms with E-state index in [2.05, 4.69) is 10.6 Å². The number of primary amides is 1. The lowest BCUT2D eigenvalue weighted by Crippen LogP contribution is -2.58. The molecule has 1 fully saturated rings. The summed E-state index contributed by atoms with van der Waals surface area (Å²) < 4.78 is 0. The van der Waals surface area contributed by atoms with Gasteiger partial charge in [0.1, 0.15) is 6.17 Å². The minimum absolute atomic E-state index is 0.00936. The molecule has 0 aromatic heterocycles. The first-order chi connectivity index (χ1) is 12.1. The van der Waals surface area contributed by atoms with Crippen molar-refractivity contribution in [3.8, 4) is 0 Å². The topological polar surface area (TPSA) is 87.5 Å². The average Bonchev–Trinajstić information content (AvgIpc) is 3.03. The molecule has 0 radical (unpaired) electrons.